The number of amides is 1. The number of nitrogens with zero attached hydrogens (tertiary/aromatic N) is 2. The second-order valence-electron chi connectivity index (χ2n) is 8.25. The number of benzene rings is 1. The maximum Gasteiger partial charge on any atom is 0.257 e. The molecule has 0 spiro atoms. The summed E-state index contributed by atoms with van der Waals surface area (Å²) < 4.78 is 22.0. The largest absolute Gasteiger partial charge is 0.505 e. The van der Waals surface area contributed by atoms with E-state index in [1.807, 2.05) is 11.9 Å². The first-order valence-electron chi connectivity index (χ1n) is 10.3. The number of halogens is 1. The minimum Gasteiger partial charge on any atom is -0.505 e. The van der Waals surface area contributed by atoms with Crippen molar-refractivity contribution in [3.05, 3.63) is 29.1 Å². The lowest BCUT2D eigenvalue weighted by atomic mass is 9.80. The van der Waals surface area contributed by atoms with E-state index in [1.54, 1.807) is 11.0 Å². The van der Waals surface area contributed by atoms with Crippen LogP contribution in [-0.4, -0.2) is 58.3 Å². The number of rotatable bonds is 5. The highest BCUT2D eigenvalue weighted by molar-refractivity contribution is 7.97. The molecule has 2 heterocycles. The van der Waals surface area contributed by atoms with Gasteiger partial charge in [0.2, 0.25) is 0 Å². The Bertz CT molecular complexity index is 718. The molecule has 2 fully saturated rings. The molecule has 1 aliphatic carbocycles. The van der Waals surface area contributed by atoms with E-state index in [4.69, 9.17) is 4.74 Å². The molecule has 0 bridgehead atoms. The second kappa shape index (κ2) is 8.59. The molecule has 5 nitrogen and oxygen atoms in total. The first-order chi connectivity index (χ1) is 13.5. The monoisotopic (exact) mass is 408 g/mol. The molecule has 1 unspecified atom stereocenters. The molecule has 4 rings (SSSR count). The van der Waals surface area contributed by atoms with Gasteiger partial charge in [0.25, 0.3) is 5.91 Å². The zero-order chi connectivity index (χ0) is 19.7. The van der Waals surface area contributed by atoms with Gasteiger partial charge < -0.3 is 14.7 Å². The van der Waals surface area contributed by atoms with E-state index >= 15 is 0 Å². The van der Waals surface area contributed by atoms with Crippen LogP contribution in [0.25, 0.3) is 0 Å². The lowest BCUT2D eigenvalue weighted by Crippen LogP contribution is -2.35. The molecule has 2 aliphatic heterocycles. The van der Waals surface area contributed by atoms with Crippen LogP contribution in [0.3, 0.4) is 0 Å². The van der Waals surface area contributed by atoms with Crippen molar-refractivity contribution in [2.45, 2.75) is 44.4 Å². The molecule has 7 heteroatoms. The van der Waals surface area contributed by atoms with Crippen molar-refractivity contribution in [3.63, 3.8) is 0 Å². The van der Waals surface area contributed by atoms with Gasteiger partial charge in [0.05, 0.1) is 18.8 Å². The van der Waals surface area contributed by atoms with Crippen LogP contribution in [-0.2, 0) is 11.3 Å². The molecule has 1 aromatic carbocycles. The average Bonchev–Trinajstić information content (AvgIpc) is 3.02. The van der Waals surface area contributed by atoms with Crippen molar-refractivity contribution < 1.29 is 19.0 Å². The van der Waals surface area contributed by atoms with Gasteiger partial charge in [-0.3, -0.25) is 4.79 Å². The summed E-state index contributed by atoms with van der Waals surface area (Å²) in [5.41, 5.74) is 0.744. The van der Waals surface area contributed by atoms with Crippen LogP contribution in [0.5, 0.6) is 5.75 Å². The number of morpholine rings is 1. The van der Waals surface area contributed by atoms with Crippen molar-refractivity contribution in [2.75, 3.05) is 32.8 Å². The maximum absolute atomic E-state index is 14.1. The third kappa shape index (κ3) is 4.16. The van der Waals surface area contributed by atoms with E-state index in [1.165, 1.54) is 18.9 Å². The molecule has 1 N–H and O–H groups in total. The van der Waals surface area contributed by atoms with Gasteiger partial charge in [-0.25, -0.2) is 8.70 Å². The van der Waals surface area contributed by atoms with E-state index < -0.39 is 11.6 Å². The molecule has 154 valence electrons. The highest BCUT2D eigenvalue weighted by atomic mass is 32.2. The second-order valence-corrected chi connectivity index (χ2v) is 9.72. The van der Waals surface area contributed by atoms with E-state index in [0.29, 0.717) is 35.7 Å². The molecule has 1 amide bonds. The lowest BCUT2D eigenvalue weighted by Gasteiger charge is -2.36. The van der Waals surface area contributed by atoms with E-state index in [9.17, 15) is 14.3 Å². The summed E-state index contributed by atoms with van der Waals surface area (Å²) in [7, 11) is 0. The minimum atomic E-state index is -0.775. The number of hydrogen-bond acceptors (Lipinski definition) is 5. The fourth-order valence-electron chi connectivity index (χ4n) is 4.68. The SMILES string of the molecule is CC(SN1CCOCC1)C1CCC(CN2Cc3ccc(O)c(F)c3C2=O)CC1. The number of fused-ring (bicyclic) bond motifs is 1. The predicted octanol–water partition coefficient (Wildman–Crippen LogP) is 3.66. The van der Waals surface area contributed by atoms with Crippen LogP contribution < -0.4 is 0 Å². The standard InChI is InChI=1S/C21H29FN2O3S/c1-14(28-24-8-10-27-11-9-24)16-4-2-15(3-5-16)12-23-13-17-6-7-18(25)20(22)19(17)21(23)26/h6-7,14-16,25H,2-5,8-13H2,1H3. The average molecular weight is 409 g/mol. The Hall–Kier alpha value is -1.31. The number of ether oxygens (including phenoxy) is 1. The Morgan fingerprint density at radius 3 is 2.68 bits per heavy atom. The number of carbonyl (C=O) groups is 1. The maximum atomic E-state index is 14.1. The van der Waals surface area contributed by atoms with Crippen LogP contribution in [0, 0.1) is 17.7 Å². The first kappa shape index (κ1) is 20.0. The quantitative estimate of drug-likeness (QED) is 0.754. The zero-order valence-electron chi connectivity index (χ0n) is 16.4. The summed E-state index contributed by atoms with van der Waals surface area (Å²) in [6, 6.07) is 3.00. The molecule has 1 atom stereocenters. The highest BCUT2D eigenvalue weighted by Crippen LogP contribution is 2.38. The smallest absolute Gasteiger partial charge is 0.257 e. The van der Waals surface area contributed by atoms with Crippen molar-refractivity contribution in [2.24, 2.45) is 11.8 Å². The lowest BCUT2D eigenvalue weighted by molar-refractivity contribution is 0.0723. The zero-order valence-corrected chi connectivity index (χ0v) is 17.2. The Morgan fingerprint density at radius 1 is 1.25 bits per heavy atom. The molecular weight excluding hydrogens is 379 g/mol. The van der Waals surface area contributed by atoms with Crippen LogP contribution >= 0.6 is 11.9 Å². The number of hydrogen-bond donors (Lipinski definition) is 1. The summed E-state index contributed by atoms with van der Waals surface area (Å²) in [5, 5.41) is 10.2. The topological polar surface area (TPSA) is 53.0 Å². The van der Waals surface area contributed by atoms with Gasteiger partial charge in [-0.15, -0.1) is 0 Å². The van der Waals surface area contributed by atoms with Crippen LogP contribution in [0.4, 0.5) is 4.39 Å². The summed E-state index contributed by atoms with van der Waals surface area (Å²) >= 11 is 1.98. The molecule has 0 radical (unpaired) electrons. The Labute approximate surface area is 170 Å². The fraction of sp³-hybridized carbons (Fsp3) is 0.667. The van der Waals surface area contributed by atoms with Crippen LogP contribution in [0.1, 0.15) is 48.5 Å². The van der Waals surface area contributed by atoms with Gasteiger partial charge in [-0.2, -0.15) is 0 Å². The molecule has 1 saturated carbocycles. The minimum absolute atomic E-state index is 0.0595. The molecule has 1 aromatic rings. The van der Waals surface area contributed by atoms with Crippen molar-refractivity contribution in [1.82, 2.24) is 9.21 Å². The van der Waals surface area contributed by atoms with Gasteiger partial charge in [0.1, 0.15) is 0 Å². The third-order valence-corrected chi connectivity index (χ3v) is 7.77. The van der Waals surface area contributed by atoms with Crippen molar-refractivity contribution >= 4 is 17.9 Å². The Balaban J connectivity index is 1.27. The summed E-state index contributed by atoms with van der Waals surface area (Å²) in [4.78, 5) is 14.3. The Kier molecular flexibility index (Phi) is 6.13. The highest BCUT2D eigenvalue weighted by Gasteiger charge is 2.35. The molecule has 28 heavy (non-hydrogen) atoms. The molecule has 0 aromatic heterocycles. The molecular formula is C21H29FN2O3S. The van der Waals surface area contributed by atoms with Crippen molar-refractivity contribution in [1.29, 1.82) is 0 Å². The number of carbonyl (C=O) groups excluding carboxylic acids is 1. The van der Waals surface area contributed by atoms with E-state index in [-0.39, 0.29) is 11.5 Å². The summed E-state index contributed by atoms with van der Waals surface area (Å²) in [6.07, 6.45) is 4.61. The number of aromatic hydroxyl groups is 1. The van der Waals surface area contributed by atoms with Gasteiger partial charge in [0, 0.05) is 31.4 Å². The summed E-state index contributed by atoms with van der Waals surface area (Å²) in [6.45, 7) is 7.15. The van der Waals surface area contributed by atoms with Gasteiger partial charge in [-0.1, -0.05) is 24.9 Å². The van der Waals surface area contributed by atoms with Crippen LogP contribution in [0.2, 0.25) is 0 Å². The van der Waals surface area contributed by atoms with Gasteiger partial charge in [0.15, 0.2) is 11.6 Å². The van der Waals surface area contributed by atoms with Gasteiger partial charge >= 0.3 is 0 Å². The normalized spacial score (nSPS) is 27.1. The number of phenols is 1. The number of phenolic OH excluding ortho intramolecular Hbond substituents is 1. The molecule has 3 aliphatic rings. The molecule has 1 saturated heterocycles. The summed E-state index contributed by atoms with van der Waals surface area (Å²) in [5.74, 6) is -0.303. The third-order valence-electron chi connectivity index (χ3n) is 6.39. The Morgan fingerprint density at radius 2 is 1.96 bits per heavy atom. The predicted molar refractivity (Wildman–Crippen MR) is 108 cm³/mol. The fourth-order valence-corrected chi connectivity index (χ4v) is 5.95. The van der Waals surface area contributed by atoms with Crippen molar-refractivity contribution in [3.8, 4) is 5.75 Å². The van der Waals surface area contributed by atoms with Crippen LogP contribution in [0.15, 0.2) is 12.1 Å². The van der Waals surface area contributed by atoms with Gasteiger partial charge in [-0.05, 0) is 49.1 Å². The van der Waals surface area contributed by atoms with E-state index in [2.05, 4.69) is 11.2 Å². The first-order valence-corrected chi connectivity index (χ1v) is 11.2. The van der Waals surface area contributed by atoms with E-state index in [0.717, 1.165) is 39.1 Å².